The molecule has 1 amide bonds. The molecular formula is C24H25BN4O5S. The zero-order chi connectivity index (χ0) is 24.9. The van der Waals surface area contributed by atoms with Crippen LogP contribution in [-0.2, 0) is 22.7 Å². The maximum atomic E-state index is 13.6. The molecule has 9 nitrogen and oxygen atoms in total. The lowest BCUT2D eigenvalue weighted by atomic mass is 9.71. The van der Waals surface area contributed by atoms with Gasteiger partial charge in [-0.15, -0.1) is 11.3 Å². The molecule has 0 fully saturated rings. The van der Waals surface area contributed by atoms with Gasteiger partial charge in [0.1, 0.15) is 18.1 Å². The molecule has 1 aromatic heterocycles. The van der Waals surface area contributed by atoms with Crippen molar-refractivity contribution in [2.75, 3.05) is 19.4 Å². The van der Waals surface area contributed by atoms with Gasteiger partial charge < -0.3 is 24.7 Å². The molecule has 1 aliphatic heterocycles. The normalized spacial score (nSPS) is 15.1. The van der Waals surface area contributed by atoms with E-state index in [2.05, 4.69) is 15.5 Å². The Balaban J connectivity index is 1.59. The van der Waals surface area contributed by atoms with Gasteiger partial charge in [0.05, 0.1) is 11.5 Å². The Kier molecular flexibility index (Phi) is 7.47. The van der Waals surface area contributed by atoms with Crippen LogP contribution in [-0.4, -0.2) is 59.5 Å². The third-order valence-corrected chi connectivity index (χ3v) is 6.54. The van der Waals surface area contributed by atoms with E-state index in [0.29, 0.717) is 28.6 Å². The average Bonchev–Trinajstić information content (AvgIpc) is 3.34. The number of rotatable bonds is 8. The van der Waals surface area contributed by atoms with Gasteiger partial charge in [0.2, 0.25) is 0 Å². The summed E-state index contributed by atoms with van der Waals surface area (Å²) >= 11 is 1.33. The van der Waals surface area contributed by atoms with Gasteiger partial charge in [0.15, 0.2) is 16.6 Å². The summed E-state index contributed by atoms with van der Waals surface area (Å²) in [6.07, 6.45) is 0.302. The van der Waals surface area contributed by atoms with Gasteiger partial charge >= 0.3 is 7.12 Å². The second-order valence-electron chi connectivity index (χ2n) is 8.03. The molecule has 3 aromatic rings. The molecule has 2 aromatic carbocycles. The van der Waals surface area contributed by atoms with Crippen LogP contribution in [0.4, 0.5) is 5.13 Å². The van der Waals surface area contributed by atoms with Crippen molar-refractivity contribution in [3.8, 4) is 5.75 Å². The number of Topliss-reactive ketones (excluding diaryl/α,β-unsaturated/α-hetero) is 1. The lowest BCUT2D eigenvalue weighted by Crippen LogP contribution is -2.55. The number of benzene rings is 2. The van der Waals surface area contributed by atoms with E-state index in [1.54, 1.807) is 31.6 Å². The molecule has 0 radical (unpaired) electrons. The molecule has 0 bridgehead atoms. The van der Waals surface area contributed by atoms with Crippen LogP contribution in [0.3, 0.4) is 0 Å². The zero-order valence-corrected chi connectivity index (χ0v) is 20.4. The molecule has 2 heterocycles. The topological polar surface area (TPSA) is 113 Å². The fourth-order valence-electron chi connectivity index (χ4n) is 3.77. The monoisotopic (exact) mass is 492 g/mol. The highest BCUT2D eigenvalue weighted by atomic mass is 32.1. The van der Waals surface area contributed by atoms with Crippen LogP contribution in [0, 0.1) is 0 Å². The zero-order valence-electron chi connectivity index (χ0n) is 19.6. The van der Waals surface area contributed by atoms with Crippen molar-refractivity contribution in [2.24, 2.45) is 5.16 Å². The minimum absolute atomic E-state index is 0.0108. The number of para-hydroxylation sites is 1. The number of carbonyl (C=O) groups excluding carboxylic acids is 2. The summed E-state index contributed by atoms with van der Waals surface area (Å²) < 4.78 is 5.70. The van der Waals surface area contributed by atoms with Crippen molar-refractivity contribution < 1.29 is 24.1 Å². The van der Waals surface area contributed by atoms with Crippen LogP contribution < -0.4 is 9.97 Å². The van der Waals surface area contributed by atoms with Crippen molar-refractivity contribution in [2.45, 2.75) is 25.9 Å². The van der Waals surface area contributed by atoms with Crippen molar-refractivity contribution in [3.05, 3.63) is 76.3 Å². The standard InChI is InChI=1S/C24H25BN4O5S/c1-15(30)18-11-7-10-17-12-20(25(32)34-22(17)18)29(3)23(31)21(19-14-35-24(26-2)27-19)28-33-13-16-8-5-4-6-9-16/h4-11,14,20,32H,12-13H2,1-3H3,(H,26,27)/b28-21-/t20-/m0/s1. The van der Waals surface area contributed by atoms with Crippen LogP contribution >= 0.6 is 11.3 Å². The summed E-state index contributed by atoms with van der Waals surface area (Å²) in [4.78, 5) is 36.8. The van der Waals surface area contributed by atoms with E-state index in [-0.39, 0.29) is 18.1 Å². The van der Waals surface area contributed by atoms with Gasteiger partial charge in [-0.3, -0.25) is 9.59 Å². The SMILES string of the molecule is CNc1nc(/C(=N/OCc2ccccc2)C(=O)N(C)[C@H]2Cc3cccc(C(C)=O)c3OB2O)cs1. The Labute approximate surface area is 207 Å². The first-order chi connectivity index (χ1) is 16.9. The highest BCUT2D eigenvalue weighted by Gasteiger charge is 2.41. The Morgan fingerprint density at radius 2 is 2.06 bits per heavy atom. The lowest BCUT2D eigenvalue weighted by Gasteiger charge is -2.34. The molecule has 1 aliphatic rings. The number of nitrogens with zero attached hydrogens (tertiary/aromatic N) is 3. The molecule has 0 spiro atoms. The first-order valence-electron chi connectivity index (χ1n) is 11.0. The van der Waals surface area contributed by atoms with E-state index in [1.165, 1.54) is 23.2 Å². The number of fused-ring (bicyclic) bond motifs is 1. The Morgan fingerprint density at radius 3 is 2.74 bits per heavy atom. The molecule has 35 heavy (non-hydrogen) atoms. The number of ketones is 1. The van der Waals surface area contributed by atoms with Crippen molar-refractivity contribution in [3.63, 3.8) is 0 Å². The number of amides is 1. The minimum Gasteiger partial charge on any atom is -0.534 e. The van der Waals surface area contributed by atoms with Crippen LogP contribution in [0.2, 0.25) is 0 Å². The second kappa shape index (κ2) is 10.7. The molecule has 1 atom stereocenters. The van der Waals surface area contributed by atoms with Crippen molar-refractivity contribution in [1.82, 2.24) is 9.88 Å². The number of anilines is 1. The summed E-state index contributed by atoms with van der Waals surface area (Å²) in [6.45, 7) is 1.62. The van der Waals surface area contributed by atoms with E-state index in [9.17, 15) is 14.6 Å². The molecule has 0 saturated carbocycles. The van der Waals surface area contributed by atoms with E-state index >= 15 is 0 Å². The predicted molar refractivity (Wildman–Crippen MR) is 135 cm³/mol. The highest BCUT2D eigenvalue weighted by molar-refractivity contribution is 7.14. The fraction of sp³-hybridized carbons (Fsp3) is 0.250. The molecule has 2 N–H and O–H groups in total. The van der Waals surface area contributed by atoms with E-state index in [4.69, 9.17) is 9.49 Å². The van der Waals surface area contributed by atoms with Gasteiger partial charge in [-0.25, -0.2) is 4.98 Å². The summed E-state index contributed by atoms with van der Waals surface area (Å²) in [5, 5.41) is 20.2. The van der Waals surface area contributed by atoms with Crippen molar-refractivity contribution >= 4 is 41.0 Å². The van der Waals surface area contributed by atoms with Gasteiger partial charge in [-0.1, -0.05) is 47.6 Å². The van der Waals surface area contributed by atoms with Gasteiger partial charge in [-0.2, -0.15) is 0 Å². The molecule has 0 aliphatic carbocycles. The highest BCUT2D eigenvalue weighted by Crippen LogP contribution is 2.32. The predicted octanol–water partition coefficient (Wildman–Crippen LogP) is 2.79. The smallest absolute Gasteiger partial charge is 0.534 e. The van der Waals surface area contributed by atoms with Gasteiger partial charge in [-0.05, 0) is 30.5 Å². The lowest BCUT2D eigenvalue weighted by molar-refractivity contribution is -0.124. The number of hydrogen-bond donors (Lipinski definition) is 2. The van der Waals surface area contributed by atoms with E-state index in [1.807, 2.05) is 36.4 Å². The molecule has 0 saturated heterocycles. The quantitative estimate of drug-likeness (QED) is 0.215. The largest absolute Gasteiger partial charge is 0.547 e. The van der Waals surface area contributed by atoms with Crippen LogP contribution in [0.15, 0.2) is 59.1 Å². The number of thiazole rings is 1. The van der Waals surface area contributed by atoms with Gasteiger partial charge in [0.25, 0.3) is 5.91 Å². The van der Waals surface area contributed by atoms with E-state index < -0.39 is 19.0 Å². The number of oxime groups is 1. The summed E-state index contributed by atoms with van der Waals surface area (Å²) in [6, 6.07) is 14.7. The third-order valence-electron chi connectivity index (χ3n) is 5.68. The first-order valence-corrected chi connectivity index (χ1v) is 11.9. The Hall–Kier alpha value is -3.70. The summed E-state index contributed by atoms with van der Waals surface area (Å²) in [5.74, 6) is -1.00. The Morgan fingerprint density at radius 1 is 1.29 bits per heavy atom. The maximum absolute atomic E-state index is 13.6. The van der Waals surface area contributed by atoms with Crippen LogP contribution in [0.25, 0.3) is 0 Å². The van der Waals surface area contributed by atoms with Crippen LogP contribution in [0.5, 0.6) is 5.75 Å². The molecule has 180 valence electrons. The number of aromatic nitrogens is 1. The molecular weight excluding hydrogens is 467 g/mol. The third kappa shape index (κ3) is 5.36. The van der Waals surface area contributed by atoms with Gasteiger partial charge in [0, 0.05) is 19.5 Å². The molecule has 4 rings (SSSR count). The average molecular weight is 492 g/mol. The van der Waals surface area contributed by atoms with E-state index in [0.717, 1.165) is 11.1 Å². The first kappa shape index (κ1) is 24.4. The second-order valence-corrected chi connectivity index (χ2v) is 8.89. The summed E-state index contributed by atoms with van der Waals surface area (Å²) in [5.41, 5.74) is 2.40. The number of hydrogen-bond acceptors (Lipinski definition) is 9. The number of carbonyl (C=O) groups is 2. The number of nitrogens with one attached hydrogen (secondary N) is 1. The van der Waals surface area contributed by atoms with Crippen LogP contribution in [0.1, 0.15) is 34.1 Å². The summed E-state index contributed by atoms with van der Waals surface area (Å²) in [7, 11) is 1.98. The Bertz CT molecular complexity index is 1250. The fourth-order valence-corrected chi connectivity index (χ4v) is 4.43. The molecule has 11 heteroatoms. The van der Waals surface area contributed by atoms with Crippen molar-refractivity contribution in [1.29, 1.82) is 0 Å². The maximum Gasteiger partial charge on any atom is 0.547 e. The number of likely N-dealkylation sites (N-methyl/N-ethyl adjacent to an activating group) is 1. The molecule has 0 unspecified atom stereocenters. The minimum atomic E-state index is -1.33.